The van der Waals surface area contributed by atoms with Crippen molar-refractivity contribution in [3.8, 4) is 27.4 Å². The molecule has 2 N–H and O–H groups in total. The van der Waals surface area contributed by atoms with Crippen LogP contribution in [0.4, 0.5) is 10.9 Å². The van der Waals surface area contributed by atoms with Gasteiger partial charge in [-0.2, -0.15) is 0 Å². The Morgan fingerprint density at radius 3 is 2.65 bits per heavy atom. The average molecular weight is 450 g/mol. The Morgan fingerprint density at radius 1 is 1.19 bits per heavy atom. The maximum Gasteiger partial charge on any atom is 0.339 e. The van der Waals surface area contributed by atoms with E-state index in [9.17, 15) is 9.90 Å². The largest absolute Gasteiger partial charge is 0.497 e. The van der Waals surface area contributed by atoms with Gasteiger partial charge in [0, 0.05) is 27.1 Å². The smallest absolute Gasteiger partial charge is 0.339 e. The molecule has 3 aromatic heterocycles. The number of carboxylic acid groups (broad SMARTS) is 1. The Bertz CT molecular complexity index is 1230. The van der Waals surface area contributed by atoms with Gasteiger partial charge in [0.1, 0.15) is 17.1 Å². The first-order chi connectivity index (χ1) is 15.1. The van der Waals surface area contributed by atoms with Crippen molar-refractivity contribution in [1.82, 2.24) is 9.97 Å². The average Bonchev–Trinajstić information content (AvgIpc) is 3.31. The Hall–Kier alpha value is -3.23. The Labute approximate surface area is 187 Å². The van der Waals surface area contributed by atoms with Gasteiger partial charge in [0.2, 0.25) is 0 Å². The molecule has 1 aromatic carbocycles. The number of pyridine rings is 1. The van der Waals surface area contributed by atoms with Gasteiger partial charge in [-0.15, -0.1) is 22.7 Å². The van der Waals surface area contributed by atoms with E-state index in [0.29, 0.717) is 16.9 Å². The molecule has 6 nitrogen and oxygen atoms in total. The number of benzene rings is 1. The van der Waals surface area contributed by atoms with E-state index in [1.165, 1.54) is 4.88 Å². The first kappa shape index (κ1) is 19.7. The third-order valence-corrected chi connectivity index (χ3v) is 7.17. The lowest BCUT2D eigenvalue weighted by molar-refractivity contribution is 0.0697. The number of rotatable bonds is 7. The van der Waals surface area contributed by atoms with E-state index < -0.39 is 5.97 Å². The number of thiazole rings is 1. The number of nitrogens with zero attached hydrogens (tertiary/aromatic N) is 2. The molecular formula is C23H19N3O3S2. The van der Waals surface area contributed by atoms with Gasteiger partial charge in [-0.05, 0) is 60.5 Å². The Balaban J connectivity index is 1.49. The molecule has 0 saturated heterocycles. The molecule has 1 fully saturated rings. The number of nitrogens with one attached hydrogen (secondary N) is 1. The van der Waals surface area contributed by atoms with Crippen molar-refractivity contribution in [3.63, 3.8) is 0 Å². The molecule has 156 valence electrons. The molecule has 0 bridgehead atoms. The van der Waals surface area contributed by atoms with Crippen molar-refractivity contribution in [3.05, 3.63) is 64.5 Å². The van der Waals surface area contributed by atoms with Crippen molar-refractivity contribution in [1.29, 1.82) is 0 Å². The molecule has 0 amide bonds. The first-order valence-corrected chi connectivity index (χ1v) is 11.5. The van der Waals surface area contributed by atoms with E-state index in [1.807, 2.05) is 41.8 Å². The lowest BCUT2D eigenvalue weighted by atomic mass is 10.1. The summed E-state index contributed by atoms with van der Waals surface area (Å²) in [7, 11) is 1.65. The van der Waals surface area contributed by atoms with Crippen LogP contribution < -0.4 is 10.1 Å². The van der Waals surface area contributed by atoms with Crippen LogP contribution in [0.25, 0.3) is 21.7 Å². The molecule has 0 atom stereocenters. The second-order valence-electron chi connectivity index (χ2n) is 7.26. The van der Waals surface area contributed by atoms with E-state index in [-0.39, 0.29) is 5.56 Å². The predicted octanol–water partition coefficient (Wildman–Crippen LogP) is 6.26. The van der Waals surface area contributed by atoms with Crippen LogP contribution >= 0.6 is 22.7 Å². The van der Waals surface area contributed by atoms with Gasteiger partial charge in [0.25, 0.3) is 0 Å². The molecule has 31 heavy (non-hydrogen) atoms. The third-order valence-electron chi connectivity index (χ3n) is 5.11. The van der Waals surface area contributed by atoms with Crippen LogP contribution in [-0.2, 0) is 0 Å². The SMILES string of the molecule is COc1ccc(-c2nc(Nc3ncc(-c4cccs4)cc3C(=O)O)sc2C2CC2)cc1. The monoisotopic (exact) mass is 449 g/mol. The second-order valence-corrected chi connectivity index (χ2v) is 9.24. The van der Waals surface area contributed by atoms with Crippen LogP contribution in [0.5, 0.6) is 5.75 Å². The zero-order chi connectivity index (χ0) is 21.4. The van der Waals surface area contributed by atoms with Gasteiger partial charge in [0.15, 0.2) is 5.13 Å². The van der Waals surface area contributed by atoms with Crippen molar-refractivity contribution in [2.75, 3.05) is 12.4 Å². The maximum absolute atomic E-state index is 11.9. The fourth-order valence-electron chi connectivity index (χ4n) is 3.37. The second kappa shape index (κ2) is 8.13. The topological polar surface area (TPSA) is 84.3 Å². The van der Waals surface area contributed by atoms with Gasteiger partial charge < -0.3 is 15.2 Å². The van der Waals surface area contributed by atoms with Crippen molar-refractivity contribution in [2.45, 2.75) is 18.8 Å². The minimum atomic E-state index is -1.03. The minimum Gasteiger partial charge on any atom is -0.497 e. The number of aromatic carboxylic acids is 1. The standard InChI is InChI=1S/C23H19N3O3S2/c1-29-16-8-6-13(7-9-16)19-20(14-4-5-14)31-23(25-19)26-21-17(22(27)28)11-15(12-24-21)18-3-2-10-30-18/h2-3,6-12,14H,4-5H2,1H3,(H,27,28)(H,24,25,26). The maximum atomic E-state index is 11.9. The highest BCUT2D eigenvalue weighted by atomic mass is 32.1. The van der Waals surface area contributed by atoms with E-state index in [1.54, 1.807) is 42.0 Å². The lowest BCUT2D eigenvalue weighted by Gasteiger charge is -2.07. The number of carbonyl (C=O) groups is 1. The summed E-state index contributed by atoms with van der Waals surface area (Å²) in [5, 5.41) is 15.5. The van der Waals surface area contributed by atoms with E-state index in [4.69, 9.17) is 9.72 Å². The first-order valence-electron chi connectivity index (χ1n) is 9.82. The number of carboxylic acids is 1. The Kier molecular flexibility index (Phi) is 5.17. The van der Waals surface area contributed by atoms with Gasteiger partial charge in [-0.25, -0.2) is 14.8 Å². The van der Waals surface area contributed by atoms with Gasteiger partial charge in [-0.3, -0.25) is 0 Å². The quantitative estimate of drug-likeness (QED) is 0.346. The highest BCUT2D eigenvalue weighted by Crippen LogP contribution is 2.48. The van der Waals surface area contributed by atoms with E-state index in [0.717, 1.165) is 40.3 Å². The molecule has 1 aliphatic carbocycles. The summed E-state index contributed by atoms with van der Waals surface area (Å²) in [6.45, 7) is 0. The van der Waals surface area contributed by atoms with E-state index in [2.05, 4.69) is 10.3 Å². The van der Waals surface area contributed by atoms with Crippen LogP contribution in [0.3, 0.4) is 0 Å². The lowest BCUT2D eigenvalue weighted by Crippen LogP contribution is -2.05. The Morgan fingerprint density at radius 2 is 2.00 bits per heavy atom. The van der Waals surface area contributed by atoms with Crippen molar-refractivity contribution >= 4 is 39.6 Å². The molecule has 0 radical (unpaired) electrons. The van der Waals surface area contributed by atoms with Crippen LogP contribution in [0.15, 0.2) is 54.0 Å². The van der Waals surface area contributed by atoms with Gasteiger partial charge in [-0.1, -0.05) is 6.07 Å². The number of hydrogen-bond acceptors (Lipinski definition) is 7. The zero-order valence-corrected chi connectivity index (χ0v) is 18.3. The third kappa shape index (κ3) is 4.04. The summed E-state index contributed by atoms with van der Waals surface area (Å²) in [5.74, 6) is 0.581. The van der Waals surface area contributed by atoms with Crippen molar-refractivity contribution in [2.24, 2.45) is 0 Å². The van der Waals surface area contributed by atoms with Gasteiger partial charge >= 0.3 is 5.97 Å². The number of methoxy groups -OCH3 is 1. The van der Waals surface area contributed by atoms with Crippen LogP contribution in [0.2, 0.25) is 0 Å². The normalized spacial score (nSPS) is 13.2. The summed E-state index contributed by atoms with van der Waals surface area (Å²) in [5.41, 5.74) is 2.87. The molecule has 4 aromatic rings. The molecule has 3 heterocycles. The number of aromatic nitrogens is 2. The zero-order valence-electron chi connectivity index (χ0n) is 16.7. The highest BCUT2D eigenvalue weighted by molar-refractivity contribution is 7.16. The minimum absolute atomic E-state index is 0.125. The van der Waals surface area contributed by atoms with Crippen LogP contribution in [0, 0.1) is 0 Å². The number of anilines is 2. The summed E-state index contributed by atoms with van der Waals surface area (Å²) in [4.78, 5) is 23.3. The molecule has 1 aliphatic rings. The number of hydrogen-bond donors (Lipinski definition) is 2. The predicted molar refractivity (Wildman–Crippen MR) is 124 cm³/mol. The van der Waals surface area contributed by atoms with Crippen molar-refractivity contribution < 1.29 is 14.6 Å². The molecule has 0 spiro atoms. The number of ether oxygens (including phenoxy) is 1. The number of thiophene rings is 1. The molecule has 0 aliphatic heterocycles. The summed E-state index contributed by atoms with van der Waals surface area (Å²) in [6, 6.07) is 13.4. The fourth-order valence-corrected chi connectivity index (χ4v) is 5.23. The molecule has 1 saturated carbocycles. The molecule has 0 unspecified atom stereocenters. The summed E-state index contributed by atoms with van der Waals surface area (Å²) in [6.07, 6.45) is 4.00. The van der Waals surface area contributed by atoms with Gasteiger partial charge in [0.05, 0.1) is 12.8 Å². The summed E-state index contributed by atoms with van der Waals surface area (Å²) < 4.78 is 5.26. The van der Waals surface area contributed by atoms with Crippen LogP contribution in [0.1, 0.15) is 34.0 Å². The molecule has 8 heteroatoms. The van der Waals surface area contributed by atoms with E-state index >= 15 is 0 Å². The molecule has 5 rings (SSSR count). The molecular weight excluding hydrogens is 430 g/mol. The fraction of sp³-hybridized carbons (Fsp3) is 0.174. The highest BCUT2D eigenvalue weighted by Gasteiger charge is 2.30. The summed E-state index contributed by atoms with van der Waals surface area (Å²) >= 11 is 3.12. The van der Waals surface area contributed by atoms with Crippen LogP contribution in [-0.4, -0.2) is 28.2 Å².